The fourth-order valence-corrected chi connectivity index (χ4v) is 4.66. The first kappa shape index (κ1) is 28.0. The standard InChI is InChI=1S/C32H41N7/c1-23(2)24(3)31-29(25(4)35-38(31)27-15-10-8-11-16-27)21-33-19-14-20-34-22-30-26(5)36-39(32(30)37(6)7)28-17-12-9-13-18-28/h8-13,15-18,21-24H,14,19-20H2,1-7H3/b33-21+,34-22+. The molecule has 1 atom stereocenters. The zero-order chi connectivity index (χ0) is 27.9. The normalized spacial score (nSPS) is 12.7. The molecule has 7 heteroatoms. The molecule has 2 heterocycles. The lowest BCUT2D eigenvalue weighted by atomic mass is 9.91. The summed E-state index contributed by atoms with van der Waals surface area (Å²) in [6.07, 6.45) is 4.84. The molecule has 0 aliphatic rings. The second-order valence-electron chi connectivity index (χ2n) is 10.6. The van der Waals surface area contributed by atoms with Gasteiger partial charge in [0, 0.05) is 51.1 Å². The fraction of sp³-hybridized carbons (Fsp3) is 0.375. The third-order valence-corrected chi connectivity index (χ3v) is 7.10. The Bertz CT molecular complexity index is 1410. The van der Waals surface area contributed by atoms with Crippen molar-refractivity contribution in [1.82, 2.24) is 19.6 Å². The number of hydrogen-bond donors (Lipinski definition) is 0. The molecule has 204 valence electrons. The van der Waals surface area contributed by atoms with Crippen molar-refractivity contribution in [1.29, 1.82) is 0 Å². The van der Waals surface area contributed by atoms with Crippen LogP contribution in [0.3, 0.4) is 0 Å². The second-order valence-corrected chi connectivity index (χ2v) is 10.6. The van der Waals surface area contributed by atoms with E-state index >= 15 is 0 Å². The van der Waals surface area contributed by atoms with Crippen LogP contribution in [0.1, 0.15) is 61.3 Å². The molecule has 0 spiro atoms. The Hall–Kier alpha value is -4.00. The Labute approximate surface area is 232 Å². The lowest BCUT2D eigenvalue weighted by molar-refractivity contribution is 0.510. The molecule has 0 aliphatic heterocycles. The molecule has 0 radical (unpaired) electrons. The Balaban J connectivity index is 1.45. The van der Waals surface area contributed by atoms with Crippen molar-refractivity contribution in [2.45, 2.75) is 47.0 Å². The number of benzene rings is 2. The average molecular weight is 524 g/mol. The molecule has 2 aromatic carbocycles. The molecule has 0 fully saturated rings. The summed E-state index contributed by atoms with van der Waals surface area (Å²) in [5.41, 5.74) is 7.48. The van der Waals surface area contributed by atoms with E-state index in [1.165, 1.54) is 5.69 Å². The first-order valence-electron chi connectivity index (χ1n) is 13.8. The third kappa shape index (κ3) is 6.36. The number of anilines is 1. The van der Waals surface area contributed by atoms with Gasteiger partial charge in [-0.1, -0.05) is 57.2 Å². The van der Waals surface area contributed by atoms with Crippen LogP contribution in [0.25, 0.3) is 11.4 Å². The zero-order valence-corrected chi connectivity index (χ0v) is 24.3. The van der Waals surface area contributed by atoms with Crippen LogP contribution in [0.4, 0.5) is 5.82 Å². The lowest BCUT2D eigenvalue weighted by Crippen LogP contribution is -2.15. The minimum Gasteiger partial charge on any atom is -0.362 e. The highest BCUT2D eigenvalue weighted by Gasteiger charge is 2.22. The van der Waals surface area contributed by atoms with Crippen LogP contribution in [0, 0.1) is 19.8 Å². The molecule has 2 aromatic heterocycles. The van der Waals surface area contributed by atoms with E-state index in [9.17, 15) is 0 Å². The molecule has 0 saturated heterocycles. The topological polar surface area (TPSA) is 63.6 Å². The van der Waals surface area contributed by atoms with Gasteiger partial charge in [0.05, 0.1) is 34.0 Å². The van der Waals surface area contributed by atoms with Gasteiger partial charge in [0.2, 0.25) is 0 Å². The summed E-state index contributed by atoms with van der Waals surface area (Å²) in [6, 6.07) is 20.6. The van der Waals surface area contributed by atoms with Crippen LogP contribution in [0.5, 0.6) is 0 Å². The number of nitrogens with zero attached hydrogens (tertiary/aromatic N) is 7. The Morgan fingerprint density at radius 2 is 1.23 bits per heavy atom. The summed E-state index contributed by atoms with van der Waals surface area (Å²) in [5.74, 6) is 1.87. The average Bonchev–Trinajstić information content (AvgIpc) is 3.44. The summed E-state index contributed by atoms with van der Waals surface area (Å²) in [7, 11) is 4.08. The first-order chi connectivity index (χ1) is 18.8. The number of hydrogen-bond acceptors (Lipinski definition) is 5. The number of rotatable bonds is 11. The summed E-state index contributed by atoms with van der Waals surface area (Å²) in [4.78, 5) is 11.6. The van der Waals surface area contributed by atoms with Gasteiger partial charge in [-0.3, -0.25) is 9.98 Å². The minimum absolute atomic E-state index is 0.350. The predicted molar refractivity (Wildman–Crippen MR) is 164 cm³/mol. The van der Waals surface area contributed by atoms with Gasteiger partial charge in [-0.15, -0.1) is 0 Å². The minimum atomic E-state index is 0.350. The fourth-order valence-electron chi connectivity index (χ4n) is 4.66. The van der Waals surface area contributed by atoms with Crippen LogP contribution in [-0.2, 0) is 0 Å². The molecular weight excluding hydrogens is 482 g/mol. The zero-order valence-electron chi connectivity index (χ0n) is 24.3. The van der Waals surface area contributed by atoms with Crippen molar-refractivity contribution >= 4 is 18.2 Å². The molecule has 0 N–H and O–H groups in total. The van der Waals surface area contributed by atoms with Gasteiger partial charge in [-0.25, -0.2) is 9.36 Å². The van der Waals surface area contributed by atoms with Gasteiger partial charge in [-0.05, 0) is 50.5 Å². The highest BCUT2D eigenvalue weighted by molar-refractivity contribution is 5.89. The van der Waals surface area contributed by atoms with Crippen molar-refractivity contribution in [3.8, 4) is 11.4 Å². The lowest BCUT2D eigenvalue weighted by Gasteiger charge is -2.19. The molecule has 0 saturated carbocycles. The molecule has 0 bridgehead atoms. The quantitative estimate of drug-likeness (QED) is 0.168. The summed E-state index contributed by atoms with van der Waals surface area (Å²) >= 11 is 0. The van der Waals surface area contributed by atoms with E-state index in [1.807, 2.05) is 62.4 Å². The van der Waals surface area contributed by atoms with Crippen LogP contribution in [0.2, 0.25) is 0 Å². The van der Waals surface area contributed by atoms with E-state index in [-0.39, 0.29) is 0 Å². The SMILES string of the molecule is Cc1nn(-c2ccccc2)c(C(C)C(C)C)c1/C=N/CCC/N=C/c1c(C)nn(-c2ccccc2)c1N(C)C. The van der Waals surface area contributed by atoms with Gasteiger partial charge in [0.1, 0.15) is 5.82 Å². The number of para-hydroxylation sites is 2. The monoisotopic (exact) mass is 523 g/mol. The molecule has 7 nitrogen and oxygen atoms in total. The van der Waals surface area contributed by atoms with Crippen molar-refractivity contribution in [2.24, 2.45) is 15.9 Å². The van der Waals surface area contributed by atoms with E-state index in [0.29, 0.717) is 24.9 Å². The van der Waals surface area contributed by atoms with Crippen molar-refractivity contribution in [3.63, 3.8) is 0 Å². The maximum absolute atomic E-state index is 4.89. The smallest absolute Gasteiger partial charge is 0.141 e. The highest BCUT2D eigenvalue weighted by atomic mass is 15.4. The van der Waals surface area contributed by atoms with Gasteiger partial charge in [-0.2, -0.15) is 10.2 Å². The van der Waals surface area contributed by atoms with Crippen molar-refractivity contribution < 1.29 is 0 Å². The van der Waals surface area contributed by atoms with E-state index in [1.54, 1.807) is 0 Å². The molecule has 4 aromatic rings. The molecule has 4 rings (SSSR count). The Morgan fingerprint density at radius 3 is 1.77 bits per heavy atom. The predicted octanol–water partition coefficient (Wildman–Crippen LogP) is 6.43. The molecule has 1 unspecified atom stereocenters. The Kier molecular flexibility index (Phi) is 9.12. The van der Waals surface area contributed by atoms with Crippen LogP contribution >= 0.6 is 0 Å². The maximum atomic E-state index is 4.89. The number of aryl methyl sites for hydroxylation is 2. The molecule has 0 amide bonds. The summed E-state index contributed by atoms with van der Waals surface area (Å²) in [6.45, 7) is 12.3. The maximum Gasteiger partial charge on any atom is 0.141 e. The third-order valence-electron chi connectivity index (χ3n) is 7.10. The van der Waals surface area contributed by atoms with Crippen LogP contribution in [-0.4, -0.2) is 59.2 Å². The largest absolute Gasteiger partial charge is 0.362 e. The van der Waals surface area contributed by atoms with E-state index in [2.05, 4.69) is 73.7 Å². The first-order valence-corrected chi connectivity index (χ1v) is 13.8. The molecule has 0 aliphatic carbocycles. The number of aliphatic imine (C=N–C) groups is 2. The van der Waals surface area contributed by atoms with Crippen LogP contribution in [0.15, 0.2) is 70.6 Å². The second kappa shape index (κ2) is 12.7. The molecular formula is C32H41N7. The van der Waals surface area contributed by atoms with Gasteiger partial charge in [0.15, 0.2) is 0 Å². The van der Waals surface area contributed by atoms with Gasteiger partial charge < -0.3 is 4.90 Å². The van der Waals surface area contributed by atoms with Crippen molar-refractivity contribution in [3.05, 3.63) is 88.9 Å². The number of aromatic nitrogens is 4. The van der Waals surface area contributed by atoms with Crippen molar-refractivity contribution in [2.75, 3.05) is 32.1 Å². The van der Waals surface area contributed by atoms with E-state index in [4.69, 9.17) is 20.2 Å². The molecule has 39 heavy (non-hydrogen) atoms. The van der Waals surface area contributed by atoms with E-state index < -0.39 is 0 Å². The van der Waals surface area contributed by atoms with Gasteiger partial charge >= 0.3 is 0 Å². The highest BCUT2D eigenvalue weighted by Crippen LogP contribution is 2.30. The van der Waals surface area contributed by atoms with Crippen LogP contribution < -0.4 is 4.90 Å². The Morgan fingerprint density at radius 1 is 0.744 bits per heavy atom. The van der Waals surface area contributed by atoms with Gasteiger partial charge in [0.25, 0.3) is 0 Å². The summed E-state index contributed by atoms with van der Waals surface area (Å²) in [5, 5.41) is 9.67. The summed E-state index contributed by atoms with van der Waals surface area (Å²) < 4.78 is 4.07. The van der Waals surface area contributed by atoms with E-state index in [0.717, 1.165) is 46.1 Å².